The molecule has 2 rings (SSSR count). The Morgan fingerprint density at radius 2 is 1.80 bits per heavy atom. The van der Waals surface area contributed by atoms with Crippen LogP contribution in [0.15, 0.2) is 42.5 Å². The van der Waals surface area contributed by atoms with Gasteiger partial charge < -0.3 is 20.3 Å². The quantitative estimate of drug-likeness (QED) is 0.733. The largest absolute Gasteiger partial charge is 0.508 e. The molecule has 0 spiro atoms. The van der Waals surface area contributed by atoms with Crippen LogP contribution in [0.5, 0.6) is 11.5 Å². The Bertz CT molecular complexity index is 805. The van der Waals surface area contributed by atoms with Gasteiger partial charge in [0.1, 0.15) is 17.1 Å². The Hall–Kier alpha value is -3.23. The second-order valence-corrected chi connectivity index (χ2v) is 4.90. The maximum Gasteiger partial charge on any atom is 0.416 e. The number of halogens is 3. The van der Waals surface area contributed by atoms with Crippen molar-refractivity contribution in [3.8, 4) is 11.5 Å². The summed E-state index contributed by atoms with van der Waals surface area (Å²) in [7, 11) is 0. The number of rotatable bonds is 4. The first kappa shape index (κ1) is 18.1. The van der Waals surface area contributed by atoms with E-state index in [9.17, 15) is 27.9 Å². The molecular formula is C16H12F3NO5. The molecule has 2 aromatic carbocycles. The van der Waals surface area contributed by atoms with Crippen molar-refractivity contribution in [3.05, 3.63) is 53.6 Å². The second-order valence-electron chi connectivity index (χ2n) is 4.90. The van der Waals surface area contributed by atoms with Crippen molar-refractivity contribution in [3.63, 3.8) is 0 Å². The first-order chi connectivity index (χ1) is 11.7. The van der Waals surface area contributed by atoms with Crippen molar-refractivity contribution >= 4 is 17.6 Å². The Balaban J connectivity index is 1.96. The van der Waals surface area contributed by atoms with Gasteiger partial charge in [-0.15, -0.1) is 0 Å². The molecule has 0 aliphatic heterocycles. The van der Waals surface area contributed by atoms with E-state index in [1.807, 2.05) is 0 Å². The molecule has 9 heteroatoms. The van der Waals surface area contributed by atoms with E-state index >= 15 is 0 Å². The van der Waals surface area contributed by atoms with E-state index in [-0.39, 0.29) is 17.0 Å². The molecule has 6 nitrogen and oxygen atoms in total. The monoisotopic (exact) mass is 355 g/mol. The van der Waals surface area contributed by atoms with Crippen molar-refractivity contribution in [2.24, 2.45) is 0 Å². The summed E-state index contributed by atoms with van der Waals surface area (Å²) in [5, 5.41) is 20.8. The zero-order chi connectivity index (χ0) is 18.6. The standard InChI is InChI=1S/C16H12F3NO5/c17-16(18,19)9-2-1-3-10(6-9)20-14(23)8-25-15(24)12-5-4-11(21)7-13(12)22/h1-7,21-22H,8H2,(H,20,23). The summed E-state index contributed by atoms with van der Waals surface area (Å²) in [6.45, 7) is -0.768. The van der Waals surface area contributed by atoms with Gasteiger partial charge in [0, 0.05) is 11.8 Å². The van der Waals surface area contributed by atoms with E-state index in [1.165, 1.54) is 6.07 Å². The number of phenolic OH excluding ortho intramolecular Hbond substituents is 2. The topological polar surface area (TPSA) is 95.9 Å². The number of carbonyl (C=O) groups is 2. The highest BCUT2D eigenvalue weighted by Crippen LogP contribution is 2.30. The van der Waals surface area contributed by atoms with Crippen LogP contribution in [0, 0.1) is 0 Å². The molecule has 0 saturated carbocycles. The average molecular weight is 355 g/mol. The summed E-state index contributed by atoms with van der Waals surface area (Å²) in [6, 6.07) is 7.12. The van der Waals surface area contributed by atoms with Gasteiger partial charge in [0.2, 0.25) is 0 Å². The number of aromatic hydroxyl groups is 2. The number of amides is 1. The minimum atomic E-state index is -4.55. The molecule has 1 amide bonds. The highest BCUT2D eigenvalue weighted by molar-refractivity contribution is 5.96. The fraction of sp³-hybridized carbons (Fsp3) is 0.125. The van der Waals surface area contributed by atoms with Crippen LogP contribution in [0.4, 0.5) is 18.9 Å². The lowest BCUT2D eigenvalue weighted by atomic mass is 10.2. The van der Waals surface area contributed by atoms with Gasteiger partial charge in [-0.2, -0.15) is 13.2 Å². The number of alkyl halides is 3. The zero-order valence-corrected chi connectivity index (χ0v) is 12.5. The molecule has 0 radical (unpaired) electrons. The Morgan fingerprint density at radius 1 is 1.08 bits per heavy atom. The van der Waals surface area contributed by atoms with Crippen LogP contribution < -0.4 is 5.32 Å². The smallest absolute Gasteiger partial charge is 0.416 e. The van der Waals surface area contributed by atoms with Crippen LogP contribution in [0.1, 0.15) is 15.9 Å². The normalized spacial score (nSPS) is 11.0. The number of hydrogen-bond acceptors (Lipinski definition) is 5. The second kappa shape index (κ2) is 7.12. The molecule has 0 bridgehead atoms. The van der Waals surface area contributed by atoms with Crippen molar-refractivity contribution in [2.75, 3.05) is 11.9 Å². The van der Waals surface area contributed by atoms with Crippen molar-refractivity contribution in [1.29, 1.82) is 0 Å². The van der Waals surface area contributed by atoms with E-state index < -0.39 is 36.0 Å². The minimum Gasteiger partial charge on any atom is -0.508 e. The van der Waals surface area contributed by atoms with Gasteiger partial charge in [0.25, 0.3) is 5.91 Å². The number of carbonyl (C=O) groups excluding carboxylic acids is 2. The van der Waals surface area contributed by atoms with Crippen LogP contribution in [0.25, 0.3) is 0 Å². The number of esters is 1. The Labute approximate surface area is 139 Å². The molecule has 0 aromatic heterocycles. The van der Waals surface area contributed by atoms with Gasteiger partial charge in [0.05, 0.1) is 5.56 Å². The van der Waals surface area contributed by atoms with E-state index in [0.29, 0.717) is 0 Å². The third-order valence-corrected chi connectivity index (χ3v) is 3.01. The van der Waals surface area contributed by atoms with Crippen LogP contribution in [-0.4, -0.2) is 28.7 Å². The van der Waals surface area contributed by atoms with Gasteiger partial charge in [-0.1, -0.05) is 6.07 Å². The average Bonchev–Trinajstić information content (AvgIpc) is 2.52. The molecule has 0 unspecified atom stereocenters. The van der Waals surface area contributed by atoms with Crippen molar-refractivity contribution < 1.29 is 37.7 Å². The molecule has 0 heterocycles. The lowest BCUT2D eigenvalue weighted by Gasteiger charge is -2.10. The number of nitrogens with one attached hydrogen (secondary N) is 1. The highest BCUT2D eigenvalue weighted by atomic mass is 19.4. The number of phenols is 2. The summed E-state index contributed by atoms with van der Waals surface area (Å²) >= 11 is 0. The summed E-state index contributed by atoms with van der Waals surface area (Å²) in [4.78, 5) is 23.4. The van der Waals surface area contributed by atoms with Crippen molar-refractivity contribution in [1.82, 2.24) is 0 Å². The molecule has 0 saturated heterocycles. The fourth-order valence-electron chi connectivity index (χ4n) is 1.87. The van der Waals surface area contributed by atoms with Gasteiger partial charge in [-0.3, -0.25) is 4.79 Å². The predicted octanol–water partition coefficient (Wildman–Crippen LogP) is 2.91. The van der Waals surface area contributed by atoms with Crippen LogP contribution in [0.3, 0.4) is 0 Å². The number of hydrogen-bond donors (Lipinski definition) is 3. The minimum absolute atomic E-state index is 0.108. The van der Waals surface area contributed by atoms with Crippen LogP contribution in [0.2, 0.25) is 0 Å². The van der Waals surface area contributed by atoms with E-state index in [1.54, 1.807) is 0 Å². The highest BCUT2D eigenvalue weighted by Gasteiger charge is 2.30. The molecule has 0 aliphatic rings. The molecule has 25 heavy (non-hydrogen) atoms. The van der Waals surface area contributed by atoms with Crippen LogP contribution >= 0.6 is 0 Å². The fourth-order valence-corrected chi connectivity index (χ4v) is 1.87. The molecular weight excluding hydrogens is 343 g/mol. The van der Waals surface area contributed by atoms with Gasteiger partial charge >= 0.3 is 12.1 Å². The van der Waals surface area contributed by atoms with Crippen molar-refractivity contribution in [2.45, 2.75) is 6.18 Å². The molecule has 0 fully saturated rings. The van der Waals surface area contributed by atoms with Gasteiger partial charge in [-0.25, -0.2) is 4.79 Å². The Kier molecular flexibility index (Phi) is 5.16. The van der Waals surface area contributed by atoms with Gasteiger partial charge in [-0.05, 0) is 30.3 Å². The summed E-state index contributed by atoms with van der Waals surface area (Å²) in [5.74, 6) is -2.69. The maximum absolute atomic E-state index is 12.6. The molecule has 0 atom stereocenters. The maximum atomic E-state index is 12.6. The lowest BCUT2D eigenvalue weighted by Crippen LogP contribution is -2.21. The molecule has 2 aromatic rings. The van der Waals surface area contributed by atoms with Crippen LogP contribution in [-0.2, 0) is 15.7 Å². The number of anilines is 1. The van der Waals surface area contributed by atoms with Gasteiger partial charge in [0.15, 0.2) is 6.61 Å². The SMILES string of the molecule is O=C(COC(=O)c1ccc(O)cc1O)Nc1cccc(C(F)(F)F)c1. The van der Waals surface area contributed by atoms with E-state index in [4.69, 9.17) is 5.11 Å². The summed E-state index contributed by atoms with van der Waals surface area (Å²) < 4.78 is 42.4. The third-order valence-electron chi connectivity index (χ3n) is 3.01. The summed E-state index contributed by atoms with van der Waals surface area (Å²) in [5.41, 5.74) is -1.32. The first-order valence-corrected chi connectivity index (χ1v) is 6.83. The number of ether oxygens (including phenoxy) is 1. The first-order valence-electron chi connectivity index (χ1n) is 6.83. The van der Waals surface area contributed by atoms with E-state index in [0.717, 1.165) is 36.4 Å². The zero-order valence-electron chi connectivity index (χ0n) is 12.5. The molecule has 0 aliphatic carbocycles. The van der Waals surface area contributed by atoms with E-state index in [2.05, 4.69) is 10.1 Å². The Morgan fingerprint density at radius 3 is 2.44 bits per heavy atom. The predicted molar refractivity (Wildman–Crippen MR) is 80.1 cm³/mol. The number of benzene rings is 2. The third kappa shape index (κ3) is 4.87. The lowest BCUT2D eigenvalue weighted by molar-refractivity contribution is -0.137. The molecule has 3 N–H and O–H groups in total. The molecule has 132 valence electrons. The summed E-state index contributed by atoms with van der Waals surface area (Å²) in [6.07, 6.45) is -4.55.